The first-order valence-corrected chi connectivity index (χ1v) is 12.7. The molecule has 0 radical (unpaired) electrons. The van der Waals surface area contributed by atoms with Gasteiger partial charge in [0.05, 0.1) is 11.0 Å². The van der Waals surface area contributed by atoms with Crippen LogP contribution in [0, 0.1) is 0 Å². The van der Waals surface area contributed by atoms with Crippen molar-refractivity contribution in [3.05, 3.63) is 152 Å². The van der Waals surface area contributed by atoms with Crippen molar-refractivity contribution in [3.63, 3.8) is 0 Å². The molecule has 7 aromatic rings. The minimum absolute atomic E-state index is 1.17. The summed E-state index contributed by atoms with van der Waals surface area (Å²) in [5.41, 5.74) is 10.9. The fourth-order valence-electron chi connectivity index (χ4n) is 5.47. The van der Waals surface area contributed by atoms with E-state index in [4.69, 9.17) is 0 Å². The maximum atomic E-state index is 2.41. The molecule has 7 rings (SSSR count). The highest BCUT2D eigenvalue weighted by atomic mass is 15.0. The lowest BCUT2D eigenvalue weighted by Gasteiger charge is -2.14. The third-order valence-electron chi connectivity index (χ3n) is 7.17. The average Bonchev–Trinajstić information content (AvgIpc) is 3.33. The van der Waals surface area contributed by atoms with Crippen molar-refractivity contribution in [1.29, 1.82) is 0 Å². The van der Waals surface area contributed by atoms with Gasteiger partial charge in [0, 0.05) is 22.0 Å². The van der Waals surface area contributed by atoms with E-state index in [-0.39, 0.29) is 0 Å². The minimum atomic E-state index is 1.17. The molecular weight excluding hydrogens is 446 g/mol. The monoisotopic (exact) mass is 471 g/mol. The molecule has 1 aromatic heterocycles. The molecule has 174 valence electrons. The Morgan fingerprint density at radius 2 is 0.865 bits per heavy atom. The fraction of sp³-hybridized carbons (Fsp3) is 0. The van der Waals surface area contributed by atoms with Gasteiger partial charge in [-0.2, -0.15) is 0 Å². The van der Waals surface area contributed by atoms with E-state index < -0.39 is 0 Å². The van der Waals surface area contributed by atoms with Gasteiger partial charge in [0.15, 0.2) is 0 Å². The second kappa shape index (κ2) is 8.96. The Balaban J connectivity index is 1.57. The van der Waals surface area contributed by atoms with Crippen LogP contribution in [0.3, 0.4) is 0 Å². The average molecular weight is 472 g/mol. The second-order valence-electron chi connectivity index (χ2n) is 9.42. The summed E-state index contributed by atoms with van der Waals surface area (Å²) < 4.78 is 2.41. The van der Waals surface area contributed by atoms with Gasteiger partial charge in [-0.3, -0.25) is 0 Å². The third kappa shape index (κ3) is 3.73. The first-order valence-electron chi connectivity index (χ1n) is 12.7. The number of rotatable bonds is 4. The van der Waals surface area contributed by atoms with Gasteiger partial charge in [0.2, 0.25) is 0 Å². The number of hydrogen-bond donors (Lipinski definition) is 0. The first kappa shape index (κ1) is 21.4. The van der Waals surface area contributed by atoms with Crippen LogP contribution < -0.4 is 0 Å². The van der Waals surface area contributed by atoms with Gasteiger partial charge in [-0.1, -0.05) is 115 Å². The van der Waals surface area contributed by atoms with Crippen molar-refractivity contribution >= 4 is 21.8 Å². The summed E-state index contributed by atoms with van der Waals surface area (Å²) in [6.07, 6.45) is 0. The zero-order valence-electron chi connectivity index (χ0n) is 20.4. The maximum Gasteiger partial charge on any atom is 0.0619 e. The van der Waals surface area contributed by atoms with Crippen molar-refractivity contribution in [1.82, 2.24) is 4.57 Å². The molecule has 0 spiro atoms. The van der Waals surface area contributed by atoms with E-state index in [0.29, 0.717) is 0 Å². The molecule has 0 bridgehead atoms. The molecule has 0 N–H and O–H groups in total. The third-order valence-corrected chi connectivity index (χ3v) is 7.17. The summed E-state index contributed by atoms with van der Waals surface area (Å²) in [7, 11) is 0. The smallest absolute Gasteiger partial charge is 0.0619 e. The SMILES string of the molecule is c1ccc(-c2cc(-c3ccccc3)cc(-c3cccc4c5ccccc5n(-c5ccccc5)c34)c2)cc1. The molecule has 0 aliphatic rings. The molecule has 1 heteroatoms. The zero-order valence-corrected chi connectivity index (χ0v) is 20.4. The Kier molecular flexibility index (Phi) is 5.19. The van der Waals surface area contributed by atoms with E-state index in [9.17, 15) is 0 Å². The maximum absolute atomic E-state index is 2.41. The summed E-state index contributed by atoms with van der Waals surface area (Å²) in [5.74, 6) is 0. The normalized spacial score (nSPS) is 11.2. The predicted octanol–water partition coefficient (Wildman–Crippen LogP) is 9.78. The van der Waals surface area contributed by atoms with Gasteiger partial charge >= 0.3 is 0 Å². The number of hydrogen-bond acceptors (Lipinski definition) is 0. The van der Waals surface area contributed by atoms with Crippen LogP contribution in [0.4, 0.5) is 0 Å². The van der Waals surface area contributed by atoms with E-state index >= 15 is 0 Å². The lowest BCUT2D eigenvalue weighted by Crippen LogP contribution is -1.95. The Morgan fingerprint density at radius 1 is 0.351 bits per heavy atom. The van der Waals surface area contributed by atoms with Crippen LogP contribution in [0.2, 0.25) is 0 Å². The highest BCUT2D eigenvalue weighted by Gasteiger charge is 2.17. The standard InChI is InChI=1S/C36H25N/c1-4-13-26(14-5-1)28-23-29(27-15-6-2-7-16-27)25-30(24-28)32-20-12-21-34-33-19-10-11-22-35(33)37(36(32)34)31-17-8-3-9-18-31/h1-25H. The lowest BCUT2D eigenvalue weighted by atomic mass is 9.92. The molecule has 0 unspecified atom stereocenters. The van der Waals surface area contributed by atoms with Crippen LogP contribution in [-0.2, 0) is 0 Å². The predicted molar refractivity (Wildman–Crippen MR) is 157 cm³/mol. The molecule has 0 saturated heterocycles. The number of aromatic nitrogens is 1. The molecule has 0 aliphatic carbocycles. The van der Waals surface area contributed by atoms with E-state index in [2.05, 4.69) is 156 Å². The van der Waals surface area contributed by atoms with Gasteiger partial charge < -0.3 is 4.57 Å². The van der Waals surface area contributed by atoms with Gasteiger partial charge in [0.25, 0.3) is 0 Å². The van der Waals surface area contributed by atoms with Crippen LogP contribution in [0.5, 0.6) is 0 Å². The number of para-hydroxylation sites is 3. The summed E-state index contributed by atoms with van der Waals surface area (Å²) in [5, 5.41) is 2.54. The molecule has 1 heterocycles. The first-order chi connectivity index (χ1) is 18.4. The Bertz CT molecular complexity index is 1790. The summed E-state index contributed by atoms with van der Waals surface area (Å²) in [6.45, 7) is 0. The minimum Gasteiger partial charge on any atom is -0.309 e. The van der Waals surface area contributed by atoms with Crippen molar-refractivity contribution in [3.8, 4) is 39.1 Å². The van der Waals surface area contributed by atoms with Crippen molar-refractivity contribution < 1.29 is 0 Å². The van der Waals surface area contributed by atoms with E-state index in [1.54, 1.807) is 0 Å². The van der Waals surface area contributed by atoms with Gasteiger partial charge in [-0.25, -0.2) is 0 Å². The lowest BCUT2D eigenvalue weighted by molar-refractivity contribution is 1.18. The summed E-state index contributed by atoms with van der Waals surface area (Å²) >= 11 is 0. The molecule has 0 amide bonds. The van der Waals surface area contributed by atoms with E-state index in [1.165, 1.54) is 60.9 Å². The van der Waals surface area contributed by atoms with Crippen molar-refractivity contribution in [2.75, 3.05) is 0 Å². The van der Waals surface area contributed by atoms with Crippen LogP contribution >= 0.6 is 0 Å². The van der Waals surface area contributed by atoms with Crippen LogP contribution in [0.25, 0.3) is 60.9 Å². The Hall–Kier alpha value is -4.88. The molecule has 0 fully saturated rings. The zero-order chi connectivity index (χ0) is 24.6. The molecular formula is C36H25N. The highest BCUT2D eigenvalue weighted by molar-refractivity contribution is 6.14. The highest BCUT2D eigenvalue weighted by Crippen LogP contribution is 2.40. The fourth-order valence-corrected chi connectivity index (χ4v) is 5.47. The van der Waals surface area contributed by atoms with Crippen molar-refractivity contribution in [2.24, 2.45) is 0 Å². The molecule has 0 saturated carbocycles. The number of nitrogens with zero attached hydrogens (tertiary/aromatic N) is 1. The largest absolute Gasteiger partial charge is 0.309 e. The van der Waals surface area contributed by atoms with Gasteiger partial charge in [0.1, 0.15) is 0 Å². The molecule has 1 nitrogen and oxygen atoms in total. The Morgan fingerprint density at radius 3 is 1.51 bits per heavy atom. The summed E-state index contributed by atoms with van der Waals surface area (Å²) in [4.78, 5) is 0. The Labute approximate surface area is 216 Å². The van der Waals surface area contributed by atoms with Crippen LogP contribution in [-0.4, -0.2) is 4.57 Å². The topological polar surface area (TPSA) is 4.93 Å². The van der Waals surface area contributed by atoms with E-state index in [1.807, 2.05) is 0 Å². The summed E-state index contributed by atoms with van der Waals surface area (Å²) in [6, 6.07) is 54.4. The van der Waals surface area contributed by atoms with Crippen molar-refractivity contribution in [2.45, 2.75) is 0 Å². The van der Waals surface area contributed by atoms with Gasteiger partial charge in [-0.05, 0) is 64.2 Å². The van der Waals surface area contributed by atoms with Crippen LogP contribution in [0.1, 0.15) is 0 Å². The number of benzene rings is 6. The number of fused-ring (bicyclic) bond motifs is 3. The second-order valence-corrected chi connectivity index (χ2v) is 9.42. The van der Waals surface area contributed by atoms with Gasteiger partial charge in [-0.15, -0.1) is 0 Å². The molecule has 0 atom stereocenters. The molecule has 0 aliphatic heterocycles. The van der Waals surface area contributed by atoms with E-state index in [0.717, 1.165) is 0 Å². The quantitative estimate of drug-likeness (QED) is 0.241. The molecule has 37 heavy (non-hydrogen) atoms. The van der Waals surface area contributed by atoms with Crippen LogP contribution in [0.15, 0.2) is 152 Å². The molecule has 6 aromatic carbocycles.